The Morgan fingerprint density at radius 1 is 0.927 bits per heavy atom. The van der Waals surface area contributed by atoms with E-state index in [0.29, 0.717) is 49.7 Å². The maximum absolute atomic E-state index is 11.1. The van der Waals surface area contributed by atoms with Gasteiger partial charge in [0.1, 0.15) is 0 Å². The molecule has 2 aliphatic heterocycles. The number of rotatable bonds is 19. The fourth-order valence-electron chi connectivity index (χ4n) is 7.48. The summed E-state index contributed by atoms with van der Waals surface area (Å²) < 4.78 is 25.0. The lowest BCUT2D eigenvalue weighted by Crippen LogP contribution is -2.51. The van der Waals surface area contributed by atoms with Crippen LogP contribution in [-0.2, 0) is 23.7 Å². The molecule has 0 aliphatic carbocycles. The molecular weight excluding hydrogens is 518 g/mol. The zero-order valence-corrected chi connectivity index (χ0v) is 28.0. The number of nitrogens with one attached hydrogen (secondary N) is 1. The molecule has 2 saturated heterocycles. The summed E-state index contributed by atoms with van der Waals surface area (Å²) >= 11 is 0. The van der Waals surface area contributed by atoms with Crippen molar-refractivity contribution in [2.24, 2.45) is 29.1 Å². The second kappa shape index (κ2) is 17.5. The minimum atomic E-state index is -0.993. The molecule has 242 valence electrons. The van der Waals surface area contributed by atoms with Crippen LogP contribution in [0.3, 0.4) is 0 Å². The van der Waals surface area contributed by atoms with Crippen LogP contribution in [0, 0.1) is 29.1 Å². The van der Waals surface area contributed by atoms with Crippen molar-refractivity contribution in [1.29, 1.82) is 0 Å². The Bertz CT molecular complexity index is 732. The molecule has 10 atom stereocenters. The fourth-order valence-corrected chi connectivity index (χ4v) is 7.48. The zero-order valence-electron chi connectivity index (χ0n) is 28.0. The van der Waals surface area contributed by atoms with Gasteiger partial charge in [-0.25, -0.2) is 0 Å². The summed E-state index contributed by atoms with van der Waals surface area (Å²) in [4.78, 5) is 11.1. The maximum Gasteiger partial charge on any atom is 0.207 e. The van der Waals surface area contributed by atoms with E-state index in [1.165, 1.54) is 0 Å². The summed E-state index contributed by atoms with van der Waals surface area (Å²) in [7, 11) is 0. The van der Waals surface area contributed by atoms with Crippen molar-refractivity contribution in [3.8, 4) is 0 Å². The molecule has 0 aromatic rings. The summed E-state index contributed by atoms with van der Waals surface area (Å²) in [6.45, 7) is 21.9. The summed E-state index contributed by atoms with van der Waals surface area (Å²) in [5.41, 5.74) is 0.103. The second-order valence-electron chi connectivity index (χ2n) is 13.7. The van der Waals surface area contributed by atoms with Crippen LogP contribution in [0.15, 0.2) is 0 Å². The average molecular weight is 584 g/mol. The molecule has 2 N–H and O–H groups in total. The van der Waals surface area contributed by atoms with E-state index in [4.69, 9.17) is 18.9 Å². The number of hydrogen-bond acceptors (Lipinski definition) is 6. The van der Waals surface area contributed by atoms with E-state index < -0.39 is 5.79 Å². The van der Waals surface area contributed by atoms with Crippen LogP contribution in [0.5, 0.6) is 0 Å². The lowest BCUT2D eigenvalue weighted by Gasteiger charge is -2.48. The first kappa shape index (κ1) is 36.5. The van der Waals surface area contributed by atoms with E-state index in [1.807, 2.05) is 13.8 Å². The predicted octanol–water partition coefficient (Wildman–Crippen LogP) is 6.89. The summed E-state index contributed by atoms with van der Waals surface area (Å²) in [5.74, 6) is 1.04. The van der Waals surface area contributed by atoms with Crippen molar-refractivity contribution < 1.29 is 28.8 Å². The van der Waals surface area contributed by atoms with Gasteiger partial charge in [0.05, 0.1) is 43.7 Å². The number of hydrogen-bond donors (Lipinski definition) is 2. The Kier molecular flexibility index (Phi) is 15.6. The topological polar surface area (TPSA) is 86.2 Å². The smallest absolute Gasteiger partial charge is 0.207 e. The lowest BCUT2D eigenvalue weighted by atomic mass is 9.66. The Hall–Kier alpha value is -0.730. The molecule has 9 unspecified atom stereocenters. The van der Waals surface area contributed by atoms with E-state index in [0.717, 1.165) is 64.4 Å². The zero-order chi connectivity index (χ0) is 30.6. The third kappa shape index (κ3) is 10.7. The van der Waals surface area contributed by atoms with Gasteiger partial charge in [0.2, 0.25) is 6.41 Å². The molecule has 0 saturated carbocycles. The molecule has 0 aromatic carbocycles. The van der Waals surface area contributed by atoms with Gasteiger partial charge in [0, 0.05) is 6.61 Å². The molecule has 1 amide bonds. The highest BCUT2D eigenvalue weighted by Gasteiger charge is 2.43. The first-order valence-electron chi connectivity index (χ1n) is 16.9. The number of carbonyl (C=O) groups is 1. The van der Waals surface area contributed by atoms with Gasteiger partial charge >= 0.3 is 0 Å². The Morgan fingerprint density at radius 2 is 1.59 bits per heavy atom. The molecule has 2 aliphatic rings. The van der Waals surface area contributed by atoms with Crippen molar-refractivity contribution in [2.75, 3.05) is 19.8 Å². The Labute approximate surface area is 252 Å². The van der Waals surface area contributed by atoms with Crippen LogP contribution < -0.4 is 5.32 Å². The van der Waals surface area contributed by atoms with Crippen molar-refractivity contribution in [3.05, 3.63) is 0 Å². The van der Waals surface area contributed by atoms with Crippen LogP contribution in [0.2, 0.25) is 0 Å². The molecule has 0 bridgehead atoms. The van der Waals surface area contributed by atoms with E-state index in [9.17, 15) is 9.90 Å². The molecule has 41 heavy (non-hydrogen) atoms. The first-order chi connectivity index (χ1) is 19.5. The van der Waals surface area contributed by atoms with Crippen LogP contribution >= 0.6 is 0 Å². The van der Waals surface area contributed by atoms with E-state index in [2.05, 4.69) is 53.8 Å². The lowest BCUT2D eigenvalue weighted by molar-refractivity contribution is -0.209. The minimum absolute atomic E-state index is 0.0520. The second-order valence-corrected chi connectivity index (χ2v) is 13.7. The van der Waals surface area contributed by atoms with Gasteiger partial charge in [-0.3, -0.25) is 4.79 Å². The van der Waals surface area contributed by atoms with Crippen LogP contribution in [0.25, 0.3) is 0 Å². The third-order valence-electron chi connectivity index (χ3n) is 10.6. The van der Waals surface area contributed by atoms with Crippen molar-refractivity contribution in [3.63, 3.8) is 0 Å². The number of ether oxygens (including phenoxy) is 4. The molecule has 2 heterocycles. The Morgan fingerprint density at radius 3 is 2.20 bits per heavy atom. The highest BCUT2D eigenvalue weighted by Crippen LogP contribution is 2.45. The van der Waals surface area contributed by atoms with E-state index >= 15 is 0 Å². The number of aliphatic hydroxyl groups is 1. The molecule has 7 heteroatoms. The predicted molar refractivity (Wildman–Crippen MR) is 166 cm³/mol. The van der Waals surface area contributed by atoms with Gasteiger partial charge < -0.3 is 29.4 Å². The fraction of sp³-hybridized carbons (Fsp3) is 0.971. The SMILES string of the molecule is CCC1C(CCCOC(O)(CC)CC)OC(C)C(CC(C)(CC)COCCCC2OC(C)C[C@@H](C)C2NC=O)C1C. The summed E-state index contributed by atoms with van der Waals surface area (Å²) in [5, 5.41) is 13.4. The van der Waals surface area contributed by atoms with Gasteiger partial charge in [0.25, 0.3) is 0 Å². The minimum Gasteiger partial charge on any atom is -0.381 e. The third-order valence-corrected chi connectivity index (χ3v) is 10.6. The standard InChI is InChI=1S/C34H65NO6/c1-10-28-26(7)29(27(8)41-30(28)16-15-19-39-34(37,12-3)13-4)21-33(9,11-2)22-38-18-14-17-31-32(35-23-36)24(5)20-25(6)40-31/h23-32,37H,10-22H2,1-9H3,(H,35,36)/t24-,25?,26?,27?,28?,29?,30?,31?,32?,33?/m1/s1. The van der Waals surface area contributed by atoms with Crippen LogP contribution in [0.1, 0.15) is 127 Å². The molecular formula is C34H65NO6. The number of amides is 1. The molecule has 0 radical (unpaired) electrons. The molecule has 2 fully saturated rings. The van der Waals surface area contributed by atoms with Crippen molar-refractivity contribution >= 4 is 6.41 Å². The monoisotopic (exact) mass is 583 g/mol. The maximum atomic E-state index is 11.1. The molecule has 2 rings (SSSR count). The Balaban J connectivity index is 1.84. The van der Waals surface area contributed by atoms with E-state index in [1.54, 1.807) is 0 Å². The van der Waals surface area contributed by atoms with Gasteiger partial charge in [0.15, 0.2) is 5.79 Å². The van der Waals surface area contributed by atoms with Gasteiger partial charge in [-0.1, -0.05) is 54.9 Å². The largest absolute Gasteiger partial charge is 0.381 e. The number of carbonyl (C=O) groups excluding carboxylic acids is 1. The van der Waals surface area contributed by atoms with E-state index in [-0.39, 0.29) is 35.9 Å². The molecule has 0 aromatic heterocycles. The quantitative estimate of drug-likeness (QED) is 0.0979. The average Bonchev–Trinajstić information content (AvgIpc) is 2.94. The molecule has 0 spiro atoms. The van der Waals surface area contributed by atoms with Crippen molar-refractivity contribution in [1.82, 2.24) is 5.32 Å². The van der Waals surface area contributed by atoms with Crippen LogP contribution in [0.4, 0.5) is 0 Å². The normalized spacial score (nSPS) is 34.2. The summed E-state index contributed by atoms with van der Waals surface area (Å²) in [6, 6.07) is 0.0812. The van der Waals surface area contributed by atoms with Gasteiger partial charge in [-0.2, -0.15) is 0 Å². The van der Waals surface area contributed by atoms with Crippen LogP contribution in [-0.4, -0.2) is 67.6 Å². The van der Waals surface area contributed by atoms with Gasteiger partial charge in [-0.05, 0) is 101 Å². The molecule has 7 nitrogen and oxygen atoms in total. The first-order valence-corrected chi connectivity index (χ1v) is 16.9. The van der Waals surface area contributed by atoms with Crippen molar-refractivity contribution in [2.45, 2.75) is 163 Å². The highest BCUT2D eigenvalue weighted by molar-refractivity contribution is 5.47. The summed E-state index contributed by atoms with van der Waals surface area (Å²) in [6.07, 6.45) is 10.8. The van der Waals surface area contributed by atoms with Gasteiger partial charge in [-0.15, -0.1) is 0 Å². The highest BCUT2D eigenvalue weighted by atomic mass is 16.6.